The highest BCUT2D eigenvalue weighted by Gasteiger charge is 2.10. The van der Waals surface area contributed by atoms with Crippen molar-refractivity contribution in [3.8, 4) is 5.75 Å². The fourth-order valence-corrected chi connectivity index (χ4v) is 2.31. The largest absolute Gasteiger partial charge is 0.478 e. The smallest absolute Gasteiger partial charge is 0.335 e. The van der Waals surface area contributed by atoms with Gasteiger partial charge >= 0.3 is 11.9 Å². The van der Waals surface area contributed by atoms with Gasteiger partial charge in [0.05, 0.1) is 17.2 Å². The van der Waals surface area contributed by atoms with E-state index in [1.807, 2.05) is 6.07 Å². The fraction of sp³-hybridized carbons (Fsp3) is 0.167. The third kappa shape index (κ3) is 5.03. The first-order chi connectivity index (χ1) is 11.3. The fourth-order valence-electron chi connectivity index (χ4n) is 1.82. The van der Waals surface area contributed by atoms with E-state index in [0.717, 1.165) is 10.0 Å². The molecule has 0 aliphatic carbocycles. The molecule has 24 heavy (non-hydrogen) atoms. The van der Waals surface area contributed by atoms with E-state index in [2.05, 4.69) is 20.9 Å². The van der Waals surface area contributed by atoms with Crippen LogP contribution in [0.2, 0.25) is 0 Å². The highest BCUT2D eigenvalue weighted by atomic mass is 79.9. The molecule has 0 spiro atoms. The Morgan fingerprint density at radius 2 is 1.96 bits per heavy atom. The minimum Gasteiger partial charge on any atom is -0.478 e. The normalized spacial score (nSPS) is 11.0. The number of ether oxygens (including phenoxy) is 1. The zero-order valence-corrected chi connectivity index (χ0v) is 14.8. The van der Waals surface area contributed by atoms with Crippen LogP contribution in [0, 0.1) is 5.92 Å². The molecule has 0 unspecified atom stereocenters. The number of aliphatic imine (C=N–C) groups is 1. The molecule has 2 aromatic rings. The van der Waals surface area contributed by atoms with E-state index in [-0.39, 0.29) is 17.5 Å². The van der Waals surface area contributed by atoms with Gasteiger partial charge in [0.2, 0.25) is 0 Å². The number of esters is 1. The number of carbonyl (C=O) groups is 2. The summed E-state index contributed by atoms with van der Waals surface area (Å²) in [5.74, 6) is -1.12. The van der Waals surface area contributed by atoms with Gasteiger partial charge in [-0.2, -0.15) is 0 Å². The summed E-state index contributed by atoms with van der Waals surface area (Å²) < 4.78 is 6.04. The molecular formula is C18H16BrNO4. The minimum atomic E-state index is -1.00. The number of carboxylic acid groups (broad SMARTS) is 1. The van der Waals surface area contributed by atoms with Crippen molar-refractivity contribution < 1.29 is 19.4 Å². The lowest BCUT2D eigenvalue weighted by molar-refractivity contribution is -0.137. The predicted octanol–water partition coefficient (Wildman–Crippen LogP) is 4.46. The van der Waals surface area contributed by atoms with E-state index in [9.17, 15) is 9.59 Å². The Hall–Kier alpha value is -2.47. The lowest BCUT2D eigenvalue weighted by atomic mass is 10.2. The molecule has 124 valence electrons. The van der Waals surface area contributed by atoms with Crippen molar-refractivity contribution >= 4 is 39.8 Å². The number of benzene rings is 2. The van der Waals surface area contributed by atoms with Crippen molar-refractivity contribution in [3.63, 3.8) is 0 Å². The molecule has 2 rings (SSSR count). The summed E-state index contributed by atoms with van der Waals surface area (Å²) in [4.78, 5) is 26.9. The molecule has 0 saturated heterocycles. The summed E-state index contributed by atoms with van der Waals surface area (Å²) in [5, 5.41) is 8.99. The molecule has 5 nitrogen and oxygen atoms in total. The molecule has 0 bridgehead atoms. The van der Waals surface area contributed by atoms with Crippen molar-refractivity contribution in [3.05, 3.63) is 58.1 Å². The Bertz CT molecular complexity index is 799. The van der Waals surface area contributed by atoms with Gasteiger partial charge in [0.25, 0.3) is 0 Å². The number of carbonyl (C=O) groups excluding carboxylic acids is 1. The first kappa shape index (κ1) is 17.9. The van der Waals surface area contributed by atoms with Crippen molar-refractivity contribution in [2.24, 2.45) is 10.9 Å². The van der Waals surface area contributed by atoms with Crippen LogP contribution in [0.25, 0.3) is 0 Å². The van der Waals surface area contributed by atoms with E-state index < -0.39 is 5.97 Å². The summed E-state index contributed by atoms with van der Waals surface area (Å²) in [5.41, 5.74) is 1.41. The van der Waals surface area contributed by atoms with Crippen LogP contribution in [0.5, 0.6) is 5.75 Å². The number of halogens is 1. The van der Waals surface area contributed by atoms with E-state index in [1.165, 1.54) is 12.1 Å². The van der Waals surface area contributed by atoms with Gasteiger partial charge in [0.15, 0.2) is 0 Å². The highest BCUT2D eigenvalue weighted by molar-refractivity contribution is 9.10. The average molecular weight is 390 g/mol. The van der Waals surface area contributed by atoms with Crippen LogP contribution < -0.4 is 4.74 Å². The number of nitrogens with zero attached hydrogens (tertiary/aromatic N) is 1. The Labute approximate surface area is 148 Å². The third-order valence-electron chi connectivity index (χ3n) is 3.04. The quantitative estimate of drug-likeness (QED) is 0.465. The van der Waals surface area contributed by atoms with Gasteiger partial charge in [-0.15, -0.1) is 0 Å². The second kappa shape index (κ2) is 7.88. The maximum absolute atomic E-state index is 11.7. The van der Waals surface area contributed by atoms with Gasteiger partial charge < -0.3 is 9.84 Å². The van der Waals surface area contributed by atoms with Crippen LogP contribution in [0.15, 0.2) is 51.9 Å². The second-order valence-corrected chi connectivity index (χ2v) is 6.33. The van der Waals surface area contributed by atoms with Gasteiger partial charge in [-0.1, -0.05) is 35.8 Å². The number of hydrogen-bond donors (Lipinski definition) is 1. The minimum absolute atomic E-state index is 0.172. The number of hydrogen-bond acceptors (Lipinski definition) is 4. The number of carboxylic acids is 1. The van der Waals surface area contributed by atoms with Crippen LogP contribution in [-0.4, -0.2) is 23.3 Å². The van der Waals surface area contributed by atoms with Crippen molar-refractivity contribution in [2.45, 2.75) is 13.8 Å². The third-order valence-corrected chi connectivity index (χ3v) is 3.50. The monoisotopic (exact) mass is 389 g/mol. The first-order valence-electron chi connectivity index (χ1n) is 7.25. The Balaban J connectivity index is 2.23. The van der Waals surface area contributed by atoms with Crippen LogP contribution in [-0.2, 0) is 4.79 Å². The summed E-state index contributed by atoms with van der Waals surface area (Å²) >= 11 is 3.37. The number of aromatic carboxylic acids is 1. The topological polar surface area (TPSA) is 76.0 Å². The Kier molecular flexibility index (Phi) is 5.87. The van der Waals surface area contributed by atoms with Crippen molar-refractivity contribution in [1.82, 2.24) is 0 Å². The summed E-state index contributed by atoms with van der Waals surface area (Å²) in [6.07, 6.45) is 1.58. The molecule has 0 saturated carbocycles. The zero-order chi connectivity index (χ0) is 17.7. The van der Waals surface area contributed by atoms with E-state index in [4.69, 9.17) is 9.84 Å². The standard InChI is InChI=1S/C18H16BrNO4/c1-11(2)18(23)24-16-7-12(6-14(19)9-16)10-20-15-5-3-4-13(8-15)17(21)22/h3-11H,1-2H3,(H,21,22). The number of rotatable bonds is 5. The van der Waals surface area contributed by atoms with Crippen LogP contribution in [0.1, 0.15) is 29.8 Å². The molecule has 6 heteroatoms. The molecule has 0 atom stereocenters. The SMILES string of the molecule is CC(C)C(=O)Oc1cc(Br)cc(C=Nc2cccc(C(=O)O)c2)c1. The average Bonchev–Trinajstić information content (AvgIpc) is 2.52. The second-order valence-electron chi connectivity index (χ2n) is 5.41. The molecule has 0 fully saturated rings. The van der Waals surface area contributed by atoms with Gasteiger partial charge in [-0.05, 0) is 42.0 Å². The van der Waals surface area contributed by atoms with Crippen LogP contribution >= 0.6 is 15.9 Å². The Morgan fingerprint density at radius 1 is 1.21 bits per heavy atom. The lowest BCUT2D eigenvalue weighted by Crippen LogP contribution is -2.14. The van der Waals surface area contributed by atoms with Crippen LogP contribution in [0.3, 0.4) is 0 Å². The lowest BCUT2D eigenvalue weighted by Gasteiger charge is -2.08. The van der Waals surface area contributed by atoms with E-state index >= 15 is 0 Å². The molecule has 2 aromatic carbocycles. The van der Waals surface area contributed by atoms with Crippen molar-refractivity contribution in [2.75, 3.05) is 0 Å². The summed E-state index contributed by atoms with van der Waals surface area (Å²) in [7, 11) is 0. The Morgan fingerprint density at radius 3 is 2.62 bits per heavy atom. The molecule has 0 aliphatic rings. The maximum atomic E-state index is 11.7. The molecule has 0 aromatic heterocycles. The van der Waals surface area contributed by atoms with Gasteiger partial charge in [-0.25, -0.2) is 4.79 Å². The van der Waals surface area contributed by atoms with Gasteiger partial charge in [0.1, 0.15) is 5.75 Å². The molecule has 0 aliphatic heterocycles. The maximum Gasteiger partial charge on any atom is 0.335 e. The molecule has 1 N–H and O–H groups in total. The van der Waals surface area contributed by atoms with Gasteiger partial charge in [0, 0.05) is 10.7 Å². The molecular weight excluding hydrogens is 374 g/mol. The highest BCUT2D eigenvalue weighted by Crippen LogP contribution is 2.22. The molecule has 0 heterocycles. The van der Waals surface area contributed by atoms with Gasteiger partial charge in [-0.3, -0.25) is 9.79 Å². The van der Waals surface area contributed by atoms with Crippen molar-refractivity contribution in [1.29, 1.82) is 0 Å². The van der Waals surface area contributed by atoms with E-state index in [1.54, 1.807) is 44.3 Å². The zero-order valence-electron chi connectivity index (χ0n) is 13.2. The molecule has 0 amide bonds. The summed E-state index contributed by atoms with van der Waals surface area (Å²) in [6.45, 7) is 3.52. The predicted molar refractivity (Wildman–Crippen MR) is 95.3 cm³/mol. The molecule has 0 radical (unpaired) electrons. The van der Waals surface area contributed by atoms with Crippen LogP contribution in [0.4, 0.5) is 5.69 Å². The summed E-state index contributed by atoms with van der Waals surface area (Å²) in [6, 6.07) is 11.5. The van der Waals surface area contributed by atoms with E-state index in [0.29, 0.717) is 11.4 Å². The first-order valence-corrected chi connectivity index (χ1v) is 8.04.